The molecule has 1 aromatic rings. The van der Waals surface area contributed by atoms with E-state index in [2.05, 4.69) is 38.0 Å². The SMILES string of the molecule is CC(C)CCC(C)NC(C)c1cncs1. The molecule has 0 spiro atoms. The van der Waals surface area contributed by atoms with Crippen LogP contribution in [0.4, 0.5) is 0 Å². The smallest absolute Gasteiger partial charge is 0.0794 e. The van der Waals surface area contributed by atoms with Gasteiger partial charge in [0.2, 0.25) is 0 Å². The summed E-state index contributed by atoms with van der Waals surface area (Å²) in [7, 11) is 0. The molecule has 3 heteroatoms. The van der Waals surface area contributed by atoms with Crippen LogP contribution in [-0.2, 0) is 0 Å². The molecular weight excluding hydrogens is 204 g/mol. The zero-order valence-electron chi connectivity index (χ0n) is 10.2. The van der Waals surface area contributed by atoms with Crippen LogP contribution in [0.15, 0.2) is 11.7 Å². The minimum absolute atomic E-state index is 0.430. The van der Waals surface area contributed by atoms with Crippen molar-refractivity contribution in [2.45, 2.75) is 52.6 Å². The second-order valence-electron chi connectivity index (χ2n) is 4.66. The first-order chi connectivity index (χ1) is 7.09. The molecule has 1 heterocycles. The molecule has 0 saturated carbocycles. The lowest BCUT2D eigenvalue weighted by atomic mass is 10.0. The number of nitrogens with zero attached hydrogens (tertiary/aromatic N) is 1. The highest BCUT2D eigenvalue weighted by Gasteiger charge is 2.10. The lowest BCUT2D eigenvalue weighted by molar-refractivity contribution is 0.419. The van der Waals surface area contributed by atoms with Gasteiger partial charge in [-0.3, -0.25) is 4.98 Å². The number of nitrogens with one attached hydrogen (secondary N) is 1. The van der Waals surface area contributed by atoms with Gasteiger partial charge in [0, 0.05) is 23.2 Å². The van der Waals surface area contributed by atoms with Gasteiger partial charge < -0.3 is 5.32 Å². The zero-order valence-corrected chi connectivity index (χ0v) is 11.0. The van der Waals surface area contributed by atoms with Crippen LogP contribution in [0.25, 0.3) is 0 Å². The van der Waals surface area contributed by atoms with E-state index in [9.17, 15) is 0 Å². The van der Waals surface area contributed by atoms with E-state index < -0.39 is 0 Å². The van der Waals surface area contributed by atoms with E-state index in [0.29, 0.717) is 12.1 Å². The van der Waals surface area contributed by atoms with Crippen LogP contribution in [0.5, 0.6) is 0 Å². The molecule has 86 valence electrons. The Labute approximate surface area is 97.1 Å². The molecule has 0 aromatic carbocycles. The summed E-state index contributed by atoms with van der Waals surface area (Å²) in [5, 5.41) is 3.61. The van der Waals surface area contributed by atoms with Gasteiger partial charge >= 0.3 is 0 Å². The summed E-state index contributed by atoms with van der Waals surface area (Å²) in [6.07, 6.45) is 4.50. The first-order valence-electron chi connectivity index (χ1n) is 5.74. The summed E-state index contributed by atoms with van der Waals surface area (Å²) in [6, 6.07) is 1.02. The average Bonchev–Trinajstić information content (AvgIpc) is 2.67. The minimum atomic E-state index is 0.430. The molecule has 2 atom stereocenters. The van der Waals surface area contributed by atoms with E-state index in [1.165, 1.54) is 17.7 Å². The van der Waals surface area contributed by atoms with Gasteiger partial charge in [0.25, 0.3) is 0 Å². The van der Waals surface area contributed by atoms with Crippen LogP contribution in [0.3, 0.4) is 0 Å². The predicted octanol–water partition coefficient (Wildman–Crippen LogP) is 3.62. The van der Waals surface area contributed by atoms with Crippen molar-refractivity contribution in [2.75, 3.05) is 0 Å². The first kappa shape index (κ1) is 12.7. The summed E-state index contributed by atoms with van der Waals surface area (Å²) in [6.45, 7) is 9.03. The topological polar surface area (TPSA) is 24.9 Å². The standard InChI is InChI=1S/C12H22N2S/c1-9(2)5-6-10(3)14-11(4)12-7-13-8-15-12/h7-11,14H,5-6H2,1-4H3. The summed E-state index contributed by atoms with van der Waals surface area (Å²) < 4.78 is 0. The fourth-order valence-electron chi connectivity index (χ4n) is 1.62. The maximum Gasteiger partial charge on any atom is 0.0794 e. The Balaban J connectivity index is 2.28. The lowest BCUT2D eigenvalue weighted by Gasteiger charge is -2.19. The Hall–Kier alpha value is -0.410. The number of rotatable bonds is 6. The Morgan fingerprint density at radius 1 is 1.27 bits per heavy atom. The highest BCUT2D eigenvalue weighted by Crippen LogP contribution is 2.18. The van der Waals surface area contributed by atoms with Crippen molar-refractivity contribution in [3.63, 3.8) is 0 Å². The van der Waals surface area contributed by atoms with E-state index in [4.69, 9.17) is 0 Å². The molecule has 0 aliphatic rings. The molecule has 1 N–H and O–H groups in total. The molecule has 0 aliphatic heterocycles. The van der Waals surface area contributed by atoms with Crippen molar-refractivity contribution >= 4 is 11.3 Å². The third-order valence-electron chi connectivity index (χ3n) is 2.59. The summed E-state index contributed by atoms with van der Waals surface area (Å²) >= 11 is 1.72. The minimum Gasteiger partial charge on any atom is -0.307 e. The Morgan fingerprint density at radius 3 is 2.53 bits per heavy atom. The van der Waals surface area contributed by atoms with E-state index in [1.807, 2.05) is 11.7 Å². The van der Waals surface area contributed by atoms with E-state index in [0.717, 1.165) is 5.92 Å². The van der Waals surface area contributed by atoms with Crippen LogP contribution >= 0.6 is 11.3 Å². The van der Waals surface area contributed by atoms with Gasteiger partial charge in [0.15, 0.2) is 0 Å². The van der Waals surface area contributed by atoms with Crippen molar-refractivity contribution in [2.24, 2.45) is 5.92 Å². The van der Waals surface area contributed by atoms with E-state index >= 15 is 0 Å². The van der Waals surface area contributed by atoms with E-state index in [-0.39, 0.29) is 0 Å². The molecule has 15 heavy (non-hydrogen) atoms. The molecule has 0 aliphatic carbocycles. The van der Waals surface area contributed by atoms with Gasteiger partial charge in [-0.25, -0.2) is 0 Å². The third kappa shape index (κ3) is 4.76. The van der Waals surface area contributed by atoms with Gasteiger partial charge in [-0.05, 0) is 32.6 Å². The predicted molar refractivity (Wildman–Crippen MR) is 67.2 cm³/mol. The monoisotopic (exact) mass is 226 g/mol. The molecule has 0 amide bonds. The average molecular weight is 226 g/mol. The Kier molecular flexibility index (Phi) is 5.26. The maximum absolute atomic E-state index is 4.10. The summed E-state index contributed by atoms with van der Waals surface area (Å²) in [4.78, 5) is 5.43. The lowest BCUT2D eigenvalue weighted by Crippen LogP contribution is -2.28. The van der Waals surface area contributed by atoms with Gasteiger partial charge in [-0.2, -0.15) is 0 Å². The summed E-state index contributed by atoms with van der Waals surface area (Å²) in [5.74, 6) is 0.799. The van der Waals surface area contributed by atoms with Gasteiger partial charge in [-0.15, -0.1) is 11.3 Å². The molecular formula is C12H22N2S. The molecule has 1 rings (SSSR count). The van der Waals surface area contributed by atoms with Crippen LogP contribution in [-0.4, -0.2) is 11.0 Å². The molecule has 0 saturated heterocycles. The molecule has 0 fully saturated rings. The molecule has 0 radical (unpaired) electrons. The van der Waals surface area contributed by atoms with Gasteiger partial charge in [0.1, 0.15) is 0 Å². The van der Waals surface area contributed by atoms with Crippen molar-refractivity contribution in [3.8, 4) is 0 Å². The second-order valence-corrected chi connectivity index (χ2v) is 5.58. The Morgan fingerprint density at radius 2 is 2.00 bits per heavy atom. The van der Waals surface area contributed by atoms with Crippen LogP contribution < -0.4 is 5.32 Å². The van der Waals surface area contributed by atoms with Gasteiger partial charge in [0.05, 0.1) is 5.51 Å². The third-order valence-corrected chi connectivity index (χ3v) is 3.55. The quantitative estimate of drug-likeness (QED) is 0.801. The Bertz CT molecular complexity index is 257. The molecule has 0 bridgehead atoms. The van der Waals surface area contributed by atoms with Crippen molar-refractivity contribution in [1.29, 1.82) is 0 Å². The largest absolute Gasteiger partial charge is 0.307 e. The highest BCUT2D eigenvalue weighted by molar-refractivity contribution is 7.09. The molecule has 1 aromatic heterocycles. The fourth-order valence-corrected chi connectivity index (χ4v) is 2.25. The molecule has 2 nitrogen and oxygen atoms in total. The number of hydrogen-bond donors (Lipinski definition) is 1. The van der Waals surface area contributed by atoms with Crippen molar-refractivity contribution in [1.82, 2.24) is 10.3 Å². The number of hydrogen-bond acceptors (Lipinski definition) is 3. The zero-order chi connectivity index (χ0) is 11.3. The fraction of sp³-hybridized carbons (Fsp3) is 0.750. The first-order valence-corrected chi connectivity index (χ1v) is 6.62. The number of thiazole rings is 1. The van der Waals surface area contributed by atoms with E-state index in [1.54, 1.807) is 11.3 Å². The summed E-state index contributed by atoms with van der Waals surface area (Å²) in [5.41, 5.74) is 1.90. The van der Waals surface area contributed by atoms with Crippen LogP contribution in [0.2, 0.25) is 0 Å². The van der Waals surface area contributed by atoms with Crippen molar-refractivity contribution in [3.05, 3.63) is 16.6 Å². The second kappa shape index (κ2) is 6.23. The number of aromatic nitrogens is 1. The van der Waals surface area contributed by atoms with Gasteiger partial charge in [-0.1, -0.05) is 13.8 Å². The normalized spacial score (nSPS) is 15.5. The van der Waals surface area contributed by atoms with Crippen molar-refractivity contribution < 1.29 is 0 Å². The van der Waals surface area contributed by atoms with Crippen LogP contribution in [0.1, 0.15) is 51.5 Å². The highest BCUT2D eigenvalue weighted by atomic mass is 32.1. The van der Waals surface area contributed by atoms with Crippen LogP contribution in [0, 0.1) is 5.92 Å². The maximum atomic E-state index is 4.10. The molecule has 2 unspecified atom stereocenters.